The first-order valence-corrected chi connectivity index (χ1v) is 7.15. The molecule has 5 heteroatoms. The predicted octanol–water partition coefficient (Wildman–Crippen LogP) is 2.20. The Labute approximate surface area is 128 Å². The number of fused-ring (bicyclic) bond motifs is 1. The van der Waals surface area contributed by atoms with Crippen LogP contribution in [0.4, 0.5) is 4.39 Å². The molecule has 1 N–H and O–H groups in total. The zero-order chi connectivity index (χ0) is 15.9. The van der Waals surface area contributed by atoms with Gasteiger partial charge in [0.15, 0.2) is 5.78 Å². The number of benzene rings is 2. The Morgan fingerprint density at radius 3 is 2.59 bits per heavy atom. The zero-order valence-corrected chi connectivity index (χ0v) is 12.5. The van der Waals surface area contributed by atoms with Gasteiger partial charge in [-0.25, -0.2) is 4.39 Å². The topological polar surface area (TPSA) is 46.5 Å². The second kappa shape index (κ2) is 5.34. The Bertz CT molecular complexity index is 725. The van der Waals surface area contributed by atoms with Crippen molar-refractivity contribution in [2.75, 3.05) is 0 Å². The maximum absolute atomic E-state index is 12.9. The summed E-state index contributed by atoms with van der Waals surface area (Å²) in [5, 5.41) is 9.97. The lowest BCUT2D eigenvalue weighted by Gasteiger charge is -2.19. The number of ketones is 1. The second-order valence-electron chi connectivity index (χ2n) is 6.01. The number of carbonyl (C=O) groups excluding carboxylic acids is 1. The van der Waals surface area contributed by atoms with Crippen molar-refractivity contribution in [2.45, 2.75) is 25.9 Å². The fraction of sp³-hybridized carbons (Fsp3) is 0.235. The largest absolute Gasteiger partial charge is 0.492 e. The highest BCUT2D eigenvalue weighted by Gasteiger charge is 2.40. The minimum Gasteiger partial charge on any atom is -0.423 e. The number of halogens is 1. The van der Waals surface area contributed by atoms with Crippen molar-refractivity contribution >= 4 is 18.4 Å². The van der Waals surface area contributed by atoms with Gasteiger partial charge < -0.3 is 9.68 Å². The van der Waals surface area contributed by atoms with Crippen LogP contribution >= 0.6 is 0 Å². The first-order valence-electron chi connectivity index (χ1n) is 7.15. The highest BCUT2D eigenvalue weighted by molar-refractivity contribution is 6.62. The molecule has 1 aliphatic rings. The molecule has 3 nitrogen and oxygen atoms in total. The van der Waals surface area contributed by atoms with Crippen LogP contribution in [0, 0.1) is 5.82 Å². The first-order chi connectivity index (χ1) is 10.4. The van der Waals surface area contributed by atoms with E-state index in [-0.39, 0.29) is 18.0 Å². The first kappa shape index (κ1) is 14.9. The summed E-state index contributed by atoms with van der Waals surface area (Å²) >= 11 is 0. The molecule has 0 radical (unpaired) electrons. The van der Waals surface area contributed by atoms with Crippen molar-refractivity contribution in [1.29, 1.82) is 0 Å². The monoisotopic (exact) mass is 298 g/mol. The lowest BCUT2D eigenvalue weighted by molar-refractivity contribution is 0.0991. The highest BCUT2D eigenvalue weighted by atomic mass is 19.1. The fourth-order valence-corrected chi connectivity index (χ4v) is 2.80. The van der Waals surface area contributed by atoms with Crippen LogP contribution in [0.15, 0.2) is 42.5 Å². The molecule has 0 aromatic heterocycles. The van der Waals surface area contributed by atoms with E-state index in [9.17, 15) is 14.2 Å². The molecule has 2 aromatic carbocycles. The number of hydrogen-bond acceptors (Lipinski definition) is 3. The Balaban J connectivity index is 1.84. The number of carbonyl (C=O) groups is 1. The van der Waals surface area contributed by atoms with E-state index in [1.807, 2.05) is 26.0 Å². The van der Waals surface area contributed by atoms with Crippen molar-refractivity contribution in [3.8, 4) is 0 Å². The standard InChI is InChI=1S/C17H16BFO3/c1-17(2)14-8-3-11(9-15(14)18(21)22-17)10-16(20)12-4-6-13(19)7-5-12/h3-9,21H,10H2,1-2H3. The van der Waals surface area contributed by atoms with E-state index in [0.717, 1.165) is 11.1 Å². The zero-order valence-electron chi connectivity index (χ0n) is 12.5. The lowest BCUT2D eigenvalue weighted by atomic mass is 9.77. The summed E-state index contributed by atoms with van der Waals surface area (Å²) in [5.41, 5.74) is 2.37. The minimum absolute atomic E-state index is 0.0902. The quantitative estimate of drug-likeness (QED) is 0.698. The van der Waals surface area contributed by atoms with E-state index in [0.29, 0.717) is 11.0 Å². The van der Waals surface area contributed by atoms with E-state index < -0.39 is 12.7 Å². The van der Waals surface area contributed by atoms with Crippen LogP contribution < -0.4 is 5.46 Å². The lowest BCUT2D eigenvalue weighted by Crippen LogP contribution is -2.29. The summed E-state index contributed by atoms with van der Waals surface area (Å²) in [7, 11) is -0.967. The Hall–Kier alpha value is -1.98. The van der Waals surface area contributed by atoms with Crippen molar-refractivity contribution in [2.24, 2.45) is 0 Å². The molecule has 0 bridgehead atoms. The molecule has 0 atom stereocenters. The molecule has 0 spiro atoms. The molecule has 2 aromatic rings. The van der Waals surface area contributed by atoms with Crippen LogP contribution in [0.1, 0.15) is 35.3 Å². The van der Waals surface area contributed by atoms with Crippen LogP contribution in [0.3, 0.4) is 0 Å². The summed E-state index contributed by atoms with van der Waals surface area (Å²) in [6.07, 6.45) is 0.200. The van der Waals surface area contributed by atoms with Gasteiger partial charge in [-0.05, 0) is 54.7 Å². The van der Waals surface area contributed by atoms with Gasteiger partial charge in [0.2, 0.25) is 0 Å². The van der Waals surface area contributed by atoms with Gasteiger partial charge in [0.05, 0.1) is 5.60 Å². The van der Waals surface area contributed by atoms with Crippen LogP contribution in [-0.4, -0.2) is 17.9 Å². The summed E-state index contributed by atoms with van der Waals surface area (Å²) in [4.78, 5) is 12.2. The molecule has 3 rings (SSSR count). The maximum atomic E-state index is 12.9. The SMILES string of the molecule is CC1(C)OB(O)c2cc(CC(=O)c3ccc(F)cc3)ccc21. The Kier molecular flexibility index (Phi) is 3.63. The molecule has 0 fully saturated rings. The Morgan fingerprint density at radius 1 is 1.23 bits per heavy atom. The fourth-order valence-electron chi connectivity index (χ4n) is 2.80. The third kappa shape index (κ3) is 2.70. The maximum Gasteiger partial charge on any atom is 0.492 e. The van der Waals surface area contributed by atoms with E-state index in [4.69, 9.17) is 4.65 Å². The van der Waals surface area contributed by atoms with E-state index in [1.165, 1.54) is 24.3 Å². The summed E-state index contributed by atoms with van der Waals surface area (Å²) in [6.45, 7) is 3.79. The van der Waals surface area contributed by atoms with E-state index in [1.54, 1.807) is 6.07 Å². The van der Waals surface area contributed by atoms with Gasteiger partial charge in [0.1, 0.15) is 5.82 Å². The van der Waals surface area contributed by atoms with Crippen molar-refractivity contribution in [3.63, 3.8) is 0 Å². The molecule has 0 saturated carbocycles. The second-order valence-corrected chi connectivity index (χ2v) is 6.01. The van der Waals surface area contributed by atoms with Gasteiger partial charge in [0.25, 0.3) is 0 Å². The smallest absolute Gasteiger partial charge is 0.423 e. The number of rotatable bonds is 3. The van der Waals surface area contributed by atoms with Gasteiger partial charge in [-0.2, -0.15) is 0 Å². The molecule has 0 unspecified atom stereocenters. The Morgan fingerprint density at radius 2 is 1.91 bits per heavy atom. The van der Waals surface area contributed by atoms with Gasteiger partial charge in [0, 0.05) is 12.0 Å². The minimum atomic E-state index is -0.967. The van der Waals surface area contributed by atoms with Crippen LogP contribution in [0.5, 0.6) is 0 Å². The molecule has 112 valence electrons. The van der Waals surface area contributed by atoms with E-state index in [2.05, 4.69) is 0 Å². The van der Waals surface area contributed by atoms with Crippen LogP contribution in [0.25, 0.3) is 0 Å². The summed E-state index contributed by atoms with van der Waals surface area (Å²) < 4.78 is 18.4. The molecular formula is C17H16BFO3. The van der Waals surface area contributed by atoms with Crippen LogP contribution in [-0.2, 0) is 16.7 Å². The van der Waals surface area contributed by atoms with Crippen molar-refractivity contribution in [1.82, 2.24) is 0 Å². The third-order valence-electron chi connectivity index (χ3n) is 3.97. The van der Waals surface area contributed by atoms with Gasteiger partial charge in [-0.1, -0.05) is 18.2 Å². The molecule has 0 aliphatic carbocycles. The van der Waals surface area contributed by atoms with Crippen molar-refractivity contribution < 1.29 is 18.9 Å². The molecule has 0 amide bonds. The summed E-state index contributed by atoms with van der Waals surface area (Å²) in [6, 6.07) is 11.1. The molecule has 0 saturated heterocycles. The molecular weight excluding hydrogens is 282 g/mol. The normalized spacial score (nSPS) is 15.7. The highest BCUT2D eigenvalue weighted by Crippen LogP contribution is 2.30. The number of hydrogen-bond donors (Lipinski definition) is 1. The average Bonchev–Trinajstić information content (AvgIpc) is 2.69. The third-order valence-corrected chi connectivity index (χ3v) is 3.97. The summed E-state index contributed by atoms with van der Waals surface area (Å²) in [5.74, 6) is -0.454. The van der Waals surface area contributed by atoms with Gasteiger partial charge >= 0.3 is 7.12 Å². The molecule has 22 heavy (non-hydrogen) atoms. The number of Topliss-reactive ketones (excluding diaryl/α,β-unsaturated/α-hetero) is 1. The molecule has 1 heterocycles. The average molecular weight is 298 g/mol. The molecule has 1 aliphatic heterocycles. The van der Waals surface area contributed by atoms with Crippen molar-refractivity contribution in [3.05, 3.63) is 65.0 Å². The van der Waals surface area contributed by atoms with Crippen LogP contribution in [0.2, 0.25) is 0 Å². The van der Waals surface area contributed by atoms with Gasteiger partial charge in [-0.15, -0.1) is 0 Å². The van der Waals surface area contributed by atoms with Gasteiger partial charge in [-0.3, -0.25) is 4.79 Å². The van der Waals surface area contributed by atoms with E-state index >= 15 is 0 Å². The predicted molar refractivity (Wildman–Crippen MR) is 82.6 cm³/mol.